The maximum Gasteiger partial charge on any atom is 0.257 e. The van der Waals surface area contributed by atoms with E-state index in [1.54, 1.807) is 31.4 Å². The zero-order valence-corrected chi connectivity index (χ0v) is 19.4. The third-order valence-corrected chi connectivity index (χ3v) is 6.71. The molecule has 3 aromatic rings. The van der Waals surface area contributed by atoms with Crippen LogP contribution in [0.2, 0.25) is 0 Å². The lowest BCUT2D eigenvalue weighted by Gasteiger charge is -2.15. The second-order valence-electron chi connectivity index (χ2n) is 7.28. The van der Waals surface area contributed by atoms with Gasteiger partial charge in [0.05, 0.1) is 51.3 Å². The first-order valence-electron chi connectivity index (χ1n) is 9.87. The summed E-state index contributed by atoms with van der Waals surface area (Å²) in [7, 11) is 2.61. The number of nitrogens with one attached hydrogen (secondary N) is 1. The molecule has 0 spiro atoms. The molecular formula is C22H23N3O7S. The molecule has 1 aliphatic heterocycles. The number of ether oxygens (including phenoxy) is 4. The van der Waals surface area contributed by atoms with E-state index in [2.05, 4.69) is 10.4 Å². The average molecular weight is 474 g/mol. The first-order chi connectivity index (χ1) is 15.8. The molecule has 1 aliphatic rings. The third kappa shape index (κ3) is 4.19. The highest BCUT2D eigenvalue weighted by molar-refractivity contribution is 7.90. The molecule has 33 heavy (non-hydrogen) atoms. The Morgan fingerprint density at radius 2 is 1.58 bits per heavy atom. The largest absolute Gasteiger partial charge is 0.497 e. The molecule has 4 rings (SSSR count). The van der Waals surface area contributed by atoms with Crippen molar-refractivity contribution in [1.82, 2.24) is 9.78 Å². The van der Waals surface area contributed by atoms with Gasteiger partial charge in [-0.15, -0.1) is 0 Å². The van der Waals surface area contributed by atoms with E-state index in [0.717, 1.165) is 0 Å². The van der Waals surface area contributed by atoms with Gasteiger partial charge in [-0.2, -0.15) is 5.10 Å². The number of carbonyl (C=O) groups excluding carboxylic acids is 1. The van der Waals surface area contributed by atoms with Crippen molar-refractivity contribution in [2.75, 3.05) is 33.8 Å². The van der Waals surface area contributed by atoms with E-state index in [1.807, 2.05) is 0 Å². The van der Waals surface area contributed by atoms with Crippen LogP contribution in [0, 0.1) is 0 Å². The molecule has 1 N–H and O–H groups in total. The minimum absolute atomic E-state index is 0.182. The number of benzene rings is 2. The van der Waals surface area contributed by atoms with Crippen LogP contribution in [0.25, 0.3) is 5.69 Å². The van der Waals surface area contributed by atoms with Crippen LogP contribution >= 0.6 is 0 Å². The Bertz CT molecular complexity index is 1290. The summed E-state index contributed by atoms with van der Waals surface area (Å²) in [5.41, 5.74) is 1.75. The second-order valence-corrected chi connectivity index (χ2v) is 9.35. The number of rotatable bonds is 7. The van der Waals surface area contributed by atoms with Gasteiger partial charge < -0.3 is 24.3 Å². The molecule has 2 heterocycles. The number of methoxy groups -OCH3 is 4. The summed E-state index contributed by atoms with van der Waals surface area (Å²) in [5, 5.41) is 7.29. The molecule has 0 unspecified atom stereocenters. The fraction of sp³-hybridized carbons (Fsp3) is 0.273. The van der Waals surface area contributed by atoms with Crippen LogP contribution in [0.5, 0.6) is 23.0 Å². The maximum absolute atomic E-state index is 13.2. The Morgan fingerprint density at radius 3 is 2.12 bits per heavy atom. The summed E-state index contributed by atoms with van der Waals surface area (Å²) < 4.78 is 47.1. The highest BCUT2D eigenvalue weighted by atomic mass is 32.2. The summed E-state index contributed by atoms with van der Waals surface area (Å²) in [6.07, 6.45) is 0. The number of carbonyl (C=O) groups is 1. The third-order valence-electron chi connectivity index (χ3n) is 5.26. The van der Waals surface area contributed by atoms with Gasteiger partial charge in [0.1, 0.15) is 11.6 Å². The molecule has 0 fully saturated rings. The minimum Gasteiger partial charge on any atom is -0.497 e. The van der Waals surface area contributed by atoms with E-state index in [1.165, 1.54) is 38.1 Å². The molecule has 0 saturated heterocycles. The van der Waals surface area contributed by atoms with Crippen LogP contribution in [-0.2, 0) is 21.3 Å². The predicted octanol–water partition coefficient (Wildman–Crippen LogP) is 2.59. The predicted molar refractivity (Wildman–Crippen MR) is 120 cm³/mol. The Labute approximate surface area is 190 Å². The van der Waals surface area contributed by atoms with Gasteiger partial charge in [-0.1, -0.05) is 0 Å². The minimum atomic E-state index is -3.33. The van der Waals surface area contributed by atoms with Crippen molar-refractivity contribution in [3.05, 3.63) is 53.2 Å². The normalized spacial score (nSPS) is 13.8. The number of nitrogens with zero attached hydrogens (tertiary/aromatic N) is 2. The van der Waals surface area contributed by atoms with E-state index in [-0.39, 0.29) is 22.9 Å². The zero-order chi connectivity index (χ0) is 23.8. The topological polar surface area (TPSA) is 118 Å². The number of aromatic nitrogens is 2. The molecule has 0 bridgehead atoms. The van der Waals surface area contributed by atoms with Crippen molar-refractivity contribution in [2.45, 2.75) is 11.5 Å². The van der Waals surface area contributed by atoms with E-state index in [0.29, 0.717) is 39.9 Å². The molecule has 1 amide bonds. The monoisotopic (exact) mass is 473 g/mol. The molecular weight excluding hydrogens is 450 g/mol. The van der Waals surface area contributed by atoms with E-state index in [4.69, 9.17) is 18.9 Å². The highest BCUT2D eigenvalue weighted by Crippen LogP contribution is 2.39. The molecule has 0 atom stereocenters. The number of anilines is 1. The fourth-order valence-corrected chi connectivity index (χ4v) is 5.17. The molecule has 1 aromatic heterocycles. The molecule has 174 valence electrons. The lowest BCUT2D eigenvalue weighted by molar-refractivity contribution is 0.102. The number of sulfone groups is 1. The van der Waals surface area contributed by atoms with Crippen molar-refractivity contribution >= 4 is 21.6 Å². The van der Waals surface area contributed by atoms with Crippen LogP contribution in [0.1, 0.15) is 21.6 Å². The molecule has 10 nitrogen and oxygen atoms in total. The SMILES string of the molecule is COc1ccc(-n2nc3c(c2NC(=O)c2cc(OC)c(OC)c(OC)c2)CS(=O)(=O)C3)cc1. The van der Waals surface area contributed by atoms with E-state index >= 15 is 0 Å². The molecule has 0 saturated carbocycles. The Balaban J connectivity index is 1.77. The van der Waals surface area contributed by atoms with Crippen LogP contribution in [0.4, 0.5) is 5.82 Å². The van der Waals surface area contributed by atoms with Gasteiger partial charge in [0.25, 0.3) is 5.91 Å². The smallest absolute Gasteiger partial charge is 0.257 e. The van der Waals surface area contributed by atoms with Gasteiger partial charge in [0.2, 0.25) is 5.75 Å². The second kappa shape index (κ2) is 8.66. The number of amides is 1. The Kier molecular flexibility index (Phi) is 5.90. The lowest BCUT2D eigenvalue weighted by atomic mass is 10.1. The van der Waals surface area contributed by atoms with Gasteiger partial charge in [0, 0.05) is 11.1 Å². The lowest BCUT2D eigenvalue weighted by Crippen LogP contribution is -2.17. The number of hydrogen-bond acceptors (Lipinski definition) is 8. The average Bonchev–Trinajstić information content (AvgIpc) is 3.29. The van der Waals surface area contributed by atoms with Crippen LogP contribution in [0.3, 0.4) is 0 Å². The van der Waals surface area contributed by atoms with Gasteiger partial charge in [-0.05, 0) is 36.4 Å². The molecule has 2 aromatic carbocycles. The first kappa shape index (κ1) is 22.5. The quantitative estimate of drug-likeness (QED) is 0.556. The van der Waals surface area contributed by atoms with E-state index in [9.17, 15) is 13.2 Å². The van der Waals surface area contributed by atoms with Crippen molar-refractivity contribution < 1.29 is 32.2 Å². The van der Waals surface area contributed by atoms with Gasteiger partial charge in [-0.3, -0.25) is 4.79 Å². The van der Waals surface area contributed by atoms with Crippen molar-refractivity contribution in [2.24, 2.45) is 0 Å². The Hall–Kier alpha value is -3.73. The summed E-state index contributed by atoms with van der Waals surface area (Å²) in [5.74, 6) is 1.06. The summed E-state index contributed by atoms with van der Waals surface area (Å²) in [4.78, 5) is 13.2. The van der Waals surface area contributed by atoms with Crippen molar-refractivity contribution in [3.63, 3.8) is 0 Å². The summed E-state index contributed by atoms with van der Waals surface area (Å²) >= 11 is 0. The standard InChI is InChI=1S/C22H23N3O7S/c1-29-15-7-5-14(6-8-15)25-21(16-11-33(27,28)12-17(16)24-25)23-22(26)13-9-18(30-2)20(32-4)19(10-13)31-3/h5-10H,11-12H2,1-4H3,(H,23,26). The molecule has 11 heteroatoms. The van der Waals surface area contributed by atoms with Crippen molar-refractivity contribution in [3.8, 4) is 28.7 Å². The maximum atomic E-state index is 13.2. The first-order valence-corrected chi connectivity index (χ1v) is 11.7. The summed E-state index contributed by atoms with van der Waals surface area (Å²) in [6, 6.07) is 10.1. The Morgan fingerprint density at radius 1 is 0.939 bits per heavy atom. The van der Waals surface area contributed by atoms with Crippen LogP contribution in [0.15, 0.2) is 36.4 Å². The van der Waals surface area contributed by atoms with Gasteiger partial charge in [-0.25, -0.2) is 13.1 Å². The van der Waals surface area contributed by atoms with Crippen LogP contribution < -0.4 is 24.3 Å². The van der Waals surface area contributed by atoms with Gasteiger partial charge >= 0.3 is 0 Å². The number of fused-ring (bicyclic) bond motifs is 1. The zero-order valence-electron chi connectivity index (χ0n) is 18.5. The molecule has 0 radical (unpaired) electrons. The number of hydrogen-bond donors (Lipinski definition) is 1. The van der Waals surface area contributed by atoms with E-state index < -0.39 is 15.7 Å². The molecule has 0 aliphatic carbocycles. The summed E-state index contributed by atoms with van der Waals surface area (Å²) in [6.45, 7) is 0. The van der Waals surface area contributed by atoms with Gasteiger partial charge in [0.15, 0.2) is 21.3 Å². The fourth-order valence-electron chi connectivity index (χ4n) is 3.67. The van der Waals surface area contributed by atoms with Crippen molar-refractivity contribution in [1.29, 1.82) is 0 Å². The highest BCUT2D eigenvalue weighted by Gasteiger charge is 2.33. The van der Waals surface area contributed by atoms with Crippen LogP contribution in [-0.4, -0.2) is 52.5 Å².